The van der Waals surface area contributed by atoms with Crippen molar-refractivity contribution in [3.63, 3.8) is 0 Å². The van der Waals surface area contributed by atoms with E-state index in [0.29, 0.717) is 23.7 Å². The van der Waals surface area contributed by atoms with Crippen molar-refractivity contribution < 1.29 is 19.1 Å². The number of esters is 1. The maximum absolute atomic E-state index is 12.4. The number of carbonyl (C=O) groups is 2. The zero-order valence-corrected chi connectivity index (χ0v) is 15.9. The van der Waals surface area contributed by atoms with E-state index in [9.17, 15) is 9.59 Å². The second-order valence-corrected chi connectivity index (χ2v) is 7.48. The van der Waals surface area contributed by atoms with Crippen LogP contribution in [-0.2, 0) is 20.7 Å². The Kier molecular flexibility index (Phi) is 7.27. The number of nitrogens with zero attached hydrogens (tertiary/aromatic N) is 1. The average molecular weight is 380 g/mol. The van der Waals surface area contributed by atoms with Crippen molar-refractivity contribution in [3.8, 4) is 5.75 Å². The van der Waals surface area contributed by atoms with Gasteiger partial charge in [0.05, 0.1) is 36.8 Å². The molecular weight excluding hydrogens is 360 g/mol. The number of ether oxygens (including phenoxy) is 2. The van der Waals surface area contributed by atoms with Crippen molar-refractivity contribution in [2.45, 2.75) is 29.9 Å². The molecule has 0 fully saturated rings. The highest BCUT2D eigenvalue weighted by molar-refractivity contribution is 8.02. The lowest BCUT2D eigenvalue weighted by Crippen LogP contribution is -2.22. The first-order chi connectivity index (χ1) is 12.0. The van der Waals surface area contributed by atoms with Gasteiger partial charge in [0, 0.05) is 5.38 Å². The SMILES string of the molecule is CCOC(=O)Cc1csc(SC(C)C(=O)Nc2ccccc2OC)n1. The number of amides is 1. The normalized spacial score (nSPS) is 11.6. The van der Waals surface area contributed by atoms with Gasteiger partial charge in [-0.15, -0.1) is 11.3 Å². The molecule has 0 saturated heterocycles. The Morgan fingerprint density at radius 1 is 1.36 bits per heavy atom. The number of thioether (sulfide) groups is 1. The summed E-state index contributed by atoms with van der Waals surface area (Å²) in [7, 11) is 1.56. The maximum atomic E-state index is 12.4. The van der Waals surface area contributed by atoms with Crippen molar-refractivity contribution in [1.82, 2.24) is 4.98 Å². The molecule has 0 radical (unpaired) electrons. The molecule has 0 aliphatic heterocycles. The Labute approximate surface area is 154 Å². The van der Waals surface area contributed by atoms with E-state index in [-0.39, 0.29) is 23.5 Å². The third-order valence-corrected chi connectivity index (χ3v) is 5.29. The predicted molar refractivity (Wildman–Crippen MR) is 99.4 cm³/mol. The highest BCUT2D eigenvalue weighted by Crippen LogP contribution is 2.29. The summed E-state index contributed by atoms with van der Waals surface area (Å²) >= 11 is 2.76. The third-order valence-electron chi connectivity index (χ3n) is 3.17. The number of aromatic nitrogens is 1. The second kappa shape index (κ2) is 9.43. The van der Waals surface area contributed by atoms with Gasteiger partial charge in [-0.3, -0.25) is 9.59 Å². The summed E-state index contributed by atoms with van der Waals surface area (Å²) in [5.41, 5.74) is 1.29. The number of anilines is 1. The van der Waals surface area contributed by atoms with Crippen LogP contribution >= 0.6 is 23.1 Å². The predicted octanol–water partition coefficient (Wildman–Crippen LogP) is 3.38. The Morgan fingerprint density at radius 3 is 2.84 bits per heavy atom. The van der Waals surface area contributed by atoms with Crippen LogP contribution in [0.4, 0.5) is 5.69 Å². The summed E-state index contributed by atoms with van der Waals surface area (Å²) in [6.45, 7) is 3.93. The molecule has 0 saturated carbocycles. The number of methoxy groups -OCH3 is 1. The van der Waals surface area contributed by atoms with Gasteiger partial charge >= 0.3 is 5.97 Å². The first-order valence-electron chi connectivity index (χ1n) is 7.74. The van der Waals surface area contributed by atoms with E-state index < -0.39 is 0 Å². The number of carbonyl (C=O) groups excluding carboxylic acids is 2. The average Bonchev–Trinajstić information content (AvgIpc) is 3.02. The molecule has 134 valence electrons. The van der Waals surface area contributed by atoms with Crippen molar-refractivity contribution in [2.24, 2.45) is 0 Å². The highest BCUT2D eigenvalue weighted by Gasteiger charge is 2.18. The lowest BCUT2D eigenvalue weighted by molar-refractivity contribution is -0.142. The third kappa shape index (κ3) is 5.75. The quantitative estimate of drug-likeness (QED) is 0.559. The molecule has 1 atom stereocenters. The van der Waals surface area contributed by atoms with E-state index in [0.717, 1.165) is 4.34 Å². The number of hydrogen-bond acceptors (Lipinski definition) is 7. The Bertz CT molecular complexity index is 733. The molecule has 1 aromatic carbocycles. The molecule has 2 rings (SSSR count). The number of para-hydroxylation sites is 2. The molecule has 8 heteroatoms. The second-order valence-electron chi connectivity index (χ2n) is 5.04. The highest BCUT2D eigenvalue weighted by atomic mass is 32.2. The van der Waals surface area contributed by atoms with Crippen LogP contribution in [0.1, 0.15) is 19.5 Å². The molecule has 1 aromatic heterocycles. The van der Waals surface area contributed by atoms with Gasteiger partial charge in [-0.2, -0.15) is 0 Å². The minimum atomic E-state index is -0.341. The van der Waals surface area contributed by atoms with E-state index in [1.54, 1.807) is 26.2 Å². The molecule has 6 nitrogen and oxygen atoms in total. The molecule has 0 aliphatic carbocycles. The van der Waals surface area contributed by atoms with Gasteiger partial charge < -0.3 is 14.8 Å². The van der Waals surface area contributed by atoms with Gasteiger partial charge in [-0.05, 0) is 26.0 Å². The number of thiazole rings is 1. The summed E-state index contributed by atoms with van der Waals surface area (Å²) in [6.07, 6.45) is 0.146. The minimum absolute atomic E-state index is 0.142. The lowest BCUT2D eigenvalue weighted by Gasteiger charge is -2.13. The monoisotopic (exact) mass is 380 g/mol. The molecule has 0 bridgehead atoms. The first kappa shape index (κ1) is 19.3. The standard InChI is InChI=1S/C17H20N2O4S2/c1-4-23-15(20)9-12-10-24-17(18-12)25-11(2)16(21)19-13-7-5-6-8-14(13)22-3/h5-8,10-11H,4,9H2,1-3H3,(H,19,21). The molecule has 25 heavy (non-hydrogen) atoms. The molecule has 1 amide bonds. The molecule has 1 N–H and O–H groups in total. The van der Waals surface area contributed by atoms with Gasteiger partial charge in [0.25, 0.3) is 0 Å². The maximum Gasteiger partial charge on any atom is 0.311 e. The largest absolute Gasteiger partial charge is 0.495 e. The van der Waals surface area contributed by atoms with Crippen LogP contribution in [0.25, 0.3) is 0 Å². The zero-order valence-electron chi connectivity index (χ0n) is 14.3. The van der Waals surface area contributed by atoms with E-state index in [2.05, 4.69) is 10.3 Å². The van der Waals surface area contributed by atoms with E-state index in [4.69, 9.17) is 9.47 Å². The van der Waals surface area contributed by atoms with Crippen LogP contribution in [0.2, 0.25) is 0 Å². The van der Waals surface area contributed by atoms with Crippen molar-refractivity contribution in [2.75, 3.05) is 19.0 Å². The van der Waals surface area contributed by atoms with E-state index >= 15 is 0 Å². The van der Waals surface area contributed by atoms with Crippen molar-refractivity contribution in [1.29, 1.82) is 0 Å². The van der Waals surface area contributed by atoms with Crippen LogP contribution in [0.15, 0.2) is 34.0 Å². The number of rotatable bonds is 8. The molecule has 2 aromatic rings. The van der Waals surface area contributed by atoms with Crippen LogP contribution in [0.3, 0.4) is 0 Å². The molecule has 0 aliphatic rings. The van der Waals surface area contributed by atoms with Crippen LogP contribution < -0.4 is 10.1 Å². The van der Waals surface area contributed by atoms with Gasteiger partial charge in [-0.1, -0.05) is 23.9 Å². The summed E-state index contributed by atoms with van der Waals surface area (Å²) < 4.78 is 10.9. The van der Waals surface area contributed by atoms with Crippen LogP contribution in [0.5, 0.6) is 5.75 Å². The van der Waals surface area contributed by atoms with Gasteiger partial charge in [0.2, 0.25) is 5.91 Å². The fraction of sp³-hybridized carbons (Fsp3) is 0.353. The van der Waals surface area contributed by atoms with Gasteiger partial charge in [0.15, 0.2) is 4.34 Å². The summed E-state index contributed by atoms with van der Waals surface area (Å²) in [5.74, 6) is 0.168. The summed E-state index contributed by atoms with van der Waals surface area (Å²) in [4.78, 5) is 28.2. The fourth-order valence-corrected chi connectivity index (χ4v) is 3.95. The molecular formula is C17H20N2O4S2. The van der Waals surface area contributed by atoms with E-state index in [1.165, 1.54) is 23.1 Å². The van der Waals surface area contributed by atoms with Crippen molar-refractivity contribution >= 4 is 40.7 Å². The summed E-state index contributed by atoms with van der Waals surface area (Å²) in [6, 6.07) is 7.25. The van der Waals surface area contributed by atoms with Crippen molar-refractivity contribution in [3.05, 3.63) is 35.3 Å². The van der Waals surface area contributed by atoms with Crippen LogP contribution in [0, 0.1) is 0 Å². The number of hydrogen-bond donors (Lipinski definition) is 1. The molecule has 1 heterocycles. The zero-order chi connectivity index (χ0) is 18.2. The smallest absolute Gasteiger partial charge is 0.311 e. The Hall–Kier alpha value is -2.06. The molecule has 0 spiro atoms. The first-order valence-corrected chi connectivity index (χ1v) is 9.50. The van der Waals surface area contributed by atoms with Gasteiger partial charge in [0.1, 0.15) is 5.75 Å². The van der Waals surface area contributed by atoms with Crippen LogP contribution in [-0.4, -0.2) is 35.8 Å². The lowest BCUT2D eigenvalue weighted by atomic mass is 10.3. The minimum Gasteiger partial charge on any atom is -0.495 e. The number of benzene rings is 1. The number of nitrogens with one attached hydrogen (secondary N) is 1. The summed E-state index contributed by atoms with van der Waals surface area (Å²) in [5, 5.41) is 4.32. The van der Waals surface area contributed by atoms with E-state index in [1.807, 2.05) is 24.4 Å². The fourth-order valence-electron chi connectivity index (χ4n) is 1.97. The molecule has 1 unspecified atom stereocenters. The Balaban J connectivity index is 1.93. The Morgan fingerprint density at radius 2 is 2.12 bits per heavy atom. The topological polar surface area (TPSA) is 77.5 Å². The van der Waals surface area contributed by atoms with Gasteiger partial charge in [-0.25, -0.2) is 4.98 Å².